The van der Waals surface area contributed by atoms with Gasteiger partial charge in [-0.2, -0.15) is 0 Å². The van der Waals surface area contributed by atoms with Gasteiger partial charge in [0.1, 0.15) is 16.5 Å². The minimum atomic E-state index is 0.348. The summed E-state index contributed by atoms with van der Waals surface area (Å²) in [5.74, 6) is 1.15. The molecule has 2 rings (SSSR count). The molecular weight excluding hydrogens is 271 g/mol. The van der Waals surface area contributed by atoms with E-state index < -0.39 is 0 Å². The van der Waals surface area contributed by atoms with Gasteiger partial charge in [-0.3, -0.25) is 4.98 Å². The Morgan fingerprint density at radius 2 is 2.06 bits per heavy atom. The third kappa shape index (κ3) is 2.75. The molecule has 5 heteroatoms. The summed E-state index contributed by atoms with van der Waals surface area (Å²) in [6.45, 7) is 2.23. The van der Waals surface area contributed by atoms with Crippen molar-refractivity contribution in [1.82, 2.24) is 4.98 Å². The summed E-state index contributed by atoms with van der Waals surface area (Å²) in [4.78, 5) is 4.17. The van der Waals surface area contributed by atoms with Crippen molar-refractivity contribution in [3.8, 4) is 11.5 Å². The van der Waals surface area contributed by atoms with E-state index in [0.29, 0.717) is 28.1 Å². The number of benzene rings is 1. The number of hydrogen-bond acceptors (Lipinski definition) is 3. The Hall–Kier alpha value is -1.29. The Kier molecular flexibility index (Phi) is 4.07. The Bertz CT molecular complexity index is 573. The standard InChI is InChI=1S/C13H12Cl2N2O/c1-8-5-12(9(6-16)7-17-8)18-11-4-2-3-10(14)13(11)15/h2-5,7H,6,16H2,1H3. The van der Waals surface area contributed by atoms with Crippen LogP contribution in [0.25, 0.3) is 0 Å². The van der Waals surface area contributed by atoms with Gasteiger partial charge in [-0.05, 0) is 19.1 Å². The lowest BCUT2D eigenvalue weighted by atomic mass is 10.2. The molecule has 0 atom stereocenters. The monoisotopic (exact) mass is 282 g/mol. The van der Waals surface area contributed by atoms with Crippen LogP contribution < -0.4 is 10.5 Å². The maximum Gasteiger partial charge on any atom is 0.147 e. The molecule has 0 aliphatic carbocycles. The molecule has 0 saturated heterocycles. The predicted octanol–water partition coefficient (Wildman–Crippen LogP) is 3.95. The van der Waals surface area contributed by atoms with Gasteiger partial charge in [0.15, 0.2) is 0 Å². The molecule has 1 aromatic heterocycles. The van der Waals surface area contributed by atoms with E-state index in [0.717, 1.165) is 11.3 Å². The topological polar surface area (TPSA) is 48.1 Å². The first-order chi connectivity index (χ1) is 8.61. The second-order valence-electron chi connectivity index (χ2n) is 3.79. The predicted molar refractivity (Wildman–Crippen MR) is 73.4 cm³/mol. The van der Waals surface area contributed by atoms with Crippen LogP contribution >= 0.6 is 23.2 Å². The van der Waals surface area contributed by atoms with Gasteiger partial charge in [0.25, 0.3) is 0 Å². The average molecular weight is 283 g/mol. The molecule has 0 radical (unpaired) electrons. The number of nitrogens with two attached hydrogens (primary N) is 1. The molecule has 3 nitrogen and oxygen atoms in total. The number of hydrogen-bond donors (Lipinski definition) is 1. The fourth-order valence-corrected chi connectivity index (χ4v) is 1.82. The summed E-state index contributed by atoms with van der Waals surface area (Å²) in [5.41, 5.74) is 7.31. The molecule has 0 saturated carbocycles. The second-order valence-corrected chi connectivity index (χ2v) is 4.58. The van der Waals surface area contributed by atoms with Crippen LogP contribution in [0.2, 0.25) is 10.0 Å². The summed E-state index contributed by atoms with van der Waals surface area (Å²) in [7, 11) is 0. The Labute approximate surface area is 115 Å². The molecule has 0 fully saturated rings. The highest BCUT2D eigenvalue weighted by molar-refractivity contribution is 6.42. The first-order valence-corrected chi connectivity index (χ1v) is 6.15. The van der Waals surface area contributed by atoms with Gasteiger partial charge in [-0.25, -0.2) is 0 Å². The second kappa shape index (κ2) is 5.57. The van der Waals surface area contributed by atoms with E-state index in [9.17, 15) is 0 Å². The smallest absolute Gasteiger partial charge is 0.147 e. The summed E-state index contributed by atoms with van der Waals surface area (Å²) in [6, 6.07) is 7.06. The van der Waals surface area contributed by atoms with Crippen molar-refractivity contribution in [3.63, 3.8) is 0 Å². The van der Waals surface area contributed by atoms with Crippen LogP contribution in [0.15, 0.2) is 30.5 Å². The van der Waals surface area contributed by atoms with Crippen molar-refractivity contribution in [2.45, 2.75) is 13.5 Å². The normalized spacial score (nSPS) is 10.4. The Morgan fingerprint density at radius 1 is 1.28 bits per heavy atom. The molecule has 1 heterocycles. The lowest BCUT2D eigenvalue weighted by molar-refractivity contribution is 0.475. The van der Waals surface area contributed by atoms with Gasteiger partial charge in [-0.15, -0.1) is 0 Å². The fraction of sp³-hybridized carbons (Fsp3) is 0.154. The fourth-order valence-electron chi connectivity index (χ4n) is 1.49. The Balaban J connectivity index is 2.39. The molecule has 2 N–H and O–H groups in total. The molecule has 0 aliphatic heterocycles. The van der Waals surface area contributed by atoms with Crippen LogP contribution in [-0.2, 0) is 6.54 Å². The molecule has 2 aromatic rings. The minimum Gasteiger partial charge on any atom is -0.455 e. The third-order valence-electron chi connectivity index (χ3n) is 2.44. The largest absolute Gasteiger partial charge is 0.455 e. The van der Waals surface area contributed by atoms with Crippen molar-refractivity contribution in [3.05, 3.63) is 51.8 Å². The van der Waals surface area contributed by atoms with E-state index >= 15 is 0 Å². The summed E-state index contributed by atoms with van der Waals surface area (Å²) < 4.78 is 5.76. The number of aryl methyl sites for hydroxylation is 1. The highest BCUT2D eigenvalue weighted by Gasteiger charge is 2.09. The van der Waals surface area contributed by atoms with Crippen LogP contribution in [0.1, 0.15) is 11.3 Å². The van der Waals surface area contributed by atoms with E-state index in [-0.39, 0.29) is 0 Å². The lowest BCUT2D eigenvalue weighted by Gasteiger charge is -2.12. The van der Waals surface area contributed by atoms with Gasteiger partial charge < -0.3 is 10.5 Å². The summed E-state index contributed by atoms with van der Waals surface area (Å²) >= 11 is 12.0. The van der Waals surface area contributed by atoms with Gasteiger partial charge in [0, 0.05) is 30.1 Å². The summed E-state index contributed by atoms with van der Waals surface area (Å²) in [6.07, 6.45) is 1.70. The molecule has 0 aliphatic rings. The van der Waals surface area contributed by atoms with Gasteiger partial charge in [0.05, 0.1) is 5.02 Å². The molecule has 0 spiro atoms. The van der Waals surface area contributed by atoms with Crippen LogP contribution in [-0.4, -0.2) is 4.98 Å². The van der Waals surface area contributed by atoms with Gasteiger partial charge in [-0.1, -0.05) is 29.3 Å². The number of pyridine rings is 1. The maximum atomic E-state index is 6.07. The van der Waals surface area contributed by atoms with Crippen molar-refractivity contribution < 1.29 is 4.74 Å². The molecule has 0 amide bonds. The van der Waals surface area contributed by atoms with E-state index in [1.54, 1.807) is 24.4 Å². The van der Waals surface area contributed by atoms with E-state index in [2.05, 4.69) is 4.98 Å². The molecule has 94 valence electrons. The average Bonchev–Trinajstić information content (AvgIpc) is 2.35. The van der Waals surface area contributed by atoms with Gasteiger partial charge in [0.2, 0.25) is 0 Å². The zero-order valence-corrected chi connectivity index (χ0v) is 11.3. The third-order valence-corrected chi connectivity index (χ3v) is 3.24. The number of rotatable bonds is 3. The lowest BCUT2D eigenvalue weighted by Crippen LogP contribution is -2.01. The summed E-state index contributed by atoms with van der Waals surface area (Å²) in [5, 5.41) is 0.839. The number of ether oxygens (including phenoxy) is 1. The Morgan fingerprint density at radius 3 is 2.78 bits per heavy atom. The highest BCUT2D eigenvalue weighted by atomic mass is 35.5. The van der Waals surface area contributed by atoms with Crippen LogP contribution in [0, 0.1) is 6.92 Å². The van der Waals surface area contributed by atoms with Crippen LogP contribution in [0.3, 0.4) is 0 Å². The minimum absolute atomic E-state index is 0.348. The van der Waals surface area contributed by atoms with E-state index in [4.69, 9.17) is 33.7 Å². The molecule has 0 unspecified atom stereocenters. The van der Waals surface area contributed by atoms with Crippen molar-refractivity contribution in [1.29, 1.82) is 0 Å². The van der Waals surface area contributed by atoms with Crippen molar-refractivity contribution in [2.75, 3.05) is 0 Å². The van der Waals surface area contributed by atoms with E-state index in [1.165, 1.54) is 0 Å². The zero-order valence-electron chi connectivity index (χ0n) is 9.78. The molecule has 0 bridgehead atoms. The van der Waals surface area contributed by atoms with E-state index in [1.807, 2.05) is 13.0 Å². The molecule has 18 heavy (non-hydrogen) atoms. The van der Waals surface area contributed by atoms with Crippen molar-refractivity contribution in [2.24, 2.45) is 5.73 Å². The van der Waals surface area contributed by atoms with Crippen LogP contribution in [0.4, 0.5) is 0 Å². The first kappa shape index (κ1) is 13.1. The van der Waals surface area contributed by atoms with Crippen LogP contribution in [0.5, 0.6) is 11.5 Å². The number of nitrogens with zero attached hydrogens (tertiary/aromatic N) is 1. The molecule has 1 aromatic carbocycles. The SMILES string of the molecule is Cc1cc(Oc2cccc(Cl)c2Cl)c(CN)cn1. The van der Waals surface area contributed by atoms with Gasteiger partial charge >= 0.3 is 0 Å². The van der Waals surface area contributed by atoms with Crippen molar-refractivity contribution >= 4 is 23.2 Å². The number of aromatic nitrogens is 1. The molecular formula is C13H12Cl2N2O. The first-order valence-electron chi connectivity index (χ1n) is 5.39. The highest BCUT2D eigenvalue weighted by Crippen LogP contribution is 2.35. The maximum absolute atomic E-state index is 6.07. The quantitative estimate of drug-likeness (QED) is 0.927. The zero-order chi connectivity index (χ0) is 13.1. The number of halogens is 2.